The molecule has 0 aliphatic carbocycles. The average Bonchev–Trinajstić information content (AvgIpc) is 2.00. The van der Waals surface area contributed by atoms with Crippen LogP contribution in [0, 0.1) is 0 Å². The van der Waals surface area contributed by atoms with Gasteiger partial charge in [-0.2, -0.15) is 0 Å². The van der Waals surface area contributed by atoms with Crippen LogP contribution in [-0.2, 0) is 0 Å². The summed E-state index contributed by atoms with van der Waals surface area (Å²) in [5.74, 6) is 0.826. The summed E-state index contributed by atoms with van der Waals surface area (Å²) in [5, 5.41) is 0.668. The molecule has 0 unspecified atom stereocenters. The van der Waals surface area contributed by atoms with E-state index in [2.05, 4.69) is 25.8 Å². The summed E-state index contributed by atoms with van der Waals surface area (Å²) in [6.07, 6.45) is 1.74. The first-order valence-electron chi connectivity index (χ1n) is 3.98. The molecule has 0 radical (unpaired) electrons. The van der Waals surface area contributed by atoms with Crippen LogP contribution in [0.25, 0.3) is 0 Å². The zero-order valence-electron chi connectivity index (χ0n) is 6.87. The molecule has 1 fully saturated rings. The van der Waals surface area contributed by atoms with Crippen LogP contribution >= 0.6 is 27.5 Å². The van der Waals surface area contributed by atoms with E-state index in [1.807, 2.05) is 6.07 Å². The van der Waals surface area contributed by atoms with E-state index in [0.29, 0.717) is 5.02 Å². The van der Waals surface area contributed by atoms with Crippen molar-refractivity contribution in [3.63, 3.8) is 0 Å². The number of rotatable bonds is 1. The van der Waals surface area contributed by atoms with Gasteiger partial charge in [0.15, 0.2) is 0 Å². The molecule has 1 saturated heterocycles. The Kier molecular flexibility index (Phi) is 2.45. The number of hydrogen-bond donors (Lipinski definition) is 1. The Bertz CT molecular complexity index is 325. The summed E-state index contributed by atoms with van der Waals surface area (Å²) in [6.45, 7) is 1.68. The zero-order chi connectivity index (χ0) is 9.42. The first kappa shape index (κ1) is 9.24. The monoisotopic (exact) mass is 261 g/mol. The molecule has 0 saturated carbocycles. The summed E-state index contributed by atoms with van der Waals surface area (Å²) < 4.78 is 0.895. The molecule has 13 heavy (non-hydrogen) atoms. The topological polar surface area (TPSA) is 42.1 Å². The molecule has 1 aliphatic heterocycles. The number of pyridine rings is 1. The summed E-state index contributed by atoms with van der Waals surface area (Å²) >= 11 is 9.32. The van der Waals surface area contributed by atoms with Gasteiger partial charge in [-0.1, -0.05) is 11.6 Å². The molecular weight excluding hydrogens is 253 g/mol. The highest BCUT2D eigenvalue weighted by Crippen LogP contribution is 2.28. The maximum atomic E-state index is 6.01. The van der Waals surface area contributed by atoms with Crippen LogP contribution in [0.3, 0.4) is 0 Å². The molecule has 0 bridgehead atoms. The van der Waals surface area contributed by atoms with E-state index in [0.717, 1.165) is 23.4 Å². The summed E-state index contributed by atoms with van der Waals surface area (Å²) in [6, 6.07) is 2.11. The standard InChI is InChI=1S/C8H9BrClN3/c9-5-1-7(10)8(12-2-5)13-3-6(11)4-13/h1-2,6H,3-4,11H2. The number of anilines is 1. The molecule has 2 heterocycles. The van der Waals surface area contributed by atoms with Crippen LogP contribution in [0.5, 0.6) is 0 Å². The number of halogens is 2. The van der Waals surface area contributed by atoms with Gasteiger partial charge in [-0.05, 0) is 22.0 Å². The van der Waals surface area contributed by atoms with E-state index in [1.54, 1.807) is 6.20 Å². The lowest BCUT2D eigenvalue weighted by Gasteiger charge is -2.38. The van der Waals surface area contributed by atoms with E-state index in [-0.39, 0.29) is 6.04 Å². The highest BCUT2D eigenvalue weighted by molar-refractivity contribution is 9.10. The van der Waals surface area contributed by atoms with E-state index in [1.165, 1.54) is 0 Å². The highest BCUT2D eigenvalue weighted by Gasteiger charge is 2.25. The lowest BCUT2D eigenvalue weighted by Crippen LogP contribution is -2.56. The van der Waals surface area contributed by atoms with E-state index >= 15 is 0 Å². The Morgan fingerprint density at radius 2 is 2.31 bits per heavy atom. The minimum atomic E-state index is 0.265. The van der Waals surface area contributed by atoms with Gasteiger partial charge in [0.1, 0.15) is 5.82 Å². The summed E-state index contributed by atoms with van der Waals surface area (Å²) in [4.78, 5) is 6.29. The van der Waals surface area contributed by atoms with Crippen molar-refractivity contribution in [2.45, 2.75) is 6.04 Å². The third-order valence-corrected chi connectivity index (χ3v) is 2.71. The maximum absolute atomic E-state index is 6.01. The average molecular weight is 263 g/mol. The molecule has 2 rings (SSSR count). The van der Waals surface area contributed by atoms with Crippen LogP contribution in [0.15, 0.2) is 16.7 Å². The molecule has 3 nitrogen and oxygen atoms in total. The molecule has 70 valence electrons. The molecule has 2 N–H and O–H groups in total. The number of hydrogen-bond acceptors (Lipinski definition) is 3. The lowest BCUT2D eigenvalue weighted by atomic mass is 10.1. The van der Waals surface area contributed by atoms with Crippen molar-refractivity contribution in [3.05, 3.63) is 21.8 Å². The fraction of sp³-hybridized carbons (Fsp3) is 0.375. The lowest BCUT2D eigenvalue weighted by molar-refractivity contribution is 0.514. The predicted octanol–water partition coefficient (Wildman–Crippen LogP) is 1.64. The second-order valence-electron chi connectivity index (χ2n) is 3.12. The first-order chi connectivity index (χ1) is 6.16. The van der Waals surface area contributed by atoms with Crippen molar-refractivity contribution in [2.24, 2.45) is 5.73 Å². The van der Waals surface area contributed by atoms with Gasteiger partial charge < -0.3 is 10.6 Å². The van der Waals surface area contributed by atoms with Crippen molar-refractivity contribution in [2.75, 3.05) is 18.0 Å². The summed E-state index contributed by atoms with van der Waals surface area (Å²) in [7, 11) is 0. The van der Waals surface area contributed by atoms with Gasteiger partial charge in [0, 0.05) is 29.8 Å². The van der Waals surface area contributed by atoms with Crippen molar-refractivity contribution in [3.8, 4) is 0 Å². The van der Waals surface area contributed by atoms with Crippen LogP contribution in [0.1, 0.15) is 0 Å². The second-order valence-corrected chi connectivity index (χ2v) is 4.45. The van der Waals surface area contributed by atoms with Crippen LogP contribution in [-0.4, -0.2) is 24.1 Å². The smallest absolute Gasteiger partial charge is 0.147 e. The third kappa shape index (κ3) is 1.80. The van der Waals surface area contributed by atoms with Gasteiger partial charge in [-0.25, -0.2) is 4.98 Å². The van der Waals surface area contributed by atoms with Gasteiger partial charge in [-0.3, -0.25) is 0 Å². The van der Waals surface area contributed by atoms with Crippen molar-refractivity contribution < 1.29 is 0 Å². The fourth-order valence-corrected chi connectivity index (χ4v) is 2.07. The van der Waals surface area contributed by atoms with E-state index < -0.39 is 0 Å². The Labute approximate surface area is 90.0 Å². The van der Waals surface area contributed by atoms with Gasteiger partial charge in [0.05, 0.1) is 5.02 Å². The molecular formula is C8H9BrClN3. The Morgan fingerprint density at radius 3 is 2.85 bits per heavy atom. The maximum Gasteiger partial charge on any atom is 0.147 e. The van der Waals surface area contributed by atoms with Crippen LogP contribution < -0.4 is 10.6 Å². The largest absolute Gasteiger partial charge is 0.352 e. The summed E-state index contributed by atoms with van der Waals surface area (Å²) in [5.41, 5.74) is 5.66. The molecule has 1 aromatic rings. The number of nitrogens with zero attached hydrogens (tertiary/aromatic N) is 2. The highest BCUT2D eigenvalue weighted by atomic mass is 79.9. The fourth-order valence-electron chi connectivity index (χ4n) is 1.33. The predicted molar refractivity (Wildman–Crippen MR) is 57.1 cm³/mol. The molecule has 1 aromatic heterocycles. The Balaban J connectivity index is 2.21. The van der Waals surface area contributed by atoms with Gasteiger partial charge in [0.2, 0.25) is 0 Å². The van der Waals surface area contributed by atoms with Crippen LogP contribution in [0.4, 0.5) is 5.82 Å². The van der Waals surface area contributed by atoms with Crippen molar-refractivity contribution in [1.82, 2.24) is 4.98 Å². The van der Waals surface area contributed by atoms with Crippen LogP contribution in [0.2, 0.25) is 5.02 Å². The second kappa shape index (κ2) is 3.44. The van der Waals surface area contributed by atoms with E-state index in [9.17, 15) is 0 Å². The van der Waals surface area contributed by atoms with Crippen molar-refractivity contribution in [1.29, 1.82) is 0 Å². The minimum Gasteiger partial charge on any atom is -0.352 e. The molecule has 5 heteroatoms. The van der Waals surface area contributed by atoms with E-state index in [4.69, 9.17) is 17.3 Å². The number of aromatic nitrogens is 1. The van der Waals surface area contributed by atoms with Gasteiger partial charge in [0.25, 0.3) is 0 Å². The van der Waals surface area contributed by atoms with Crippen molar-refractivity contribution >= 4 is 33.3 Å². The Morgan fingerprint density at radius 1 is 1.62 bits per heavy atom. The molecule has 0 atom stereocenters. The number of nitrogens with two attached hydrogens (primary N) is 1. The zero-order valence-corrected chi connectivity index (χ0v) is 9.22. The molecule has 0 spiro atoms. The van der Waals surface area contributed by atoms with Gasteiger partial charge >= 0.3 is 0 Å². The molecule has 0 amide bonds. The van der Waals surface area contributed by atoms with Gasteiger partial charge in [-0.15, -0.1) is 0 Å². The molecule has 0 aromatic carbocycles. The quantitative estimate of drug-likeness (QED) is 0.837. The minimum absolute atomic E-state index is 0.265. The normalized spacial score (nSPS) is 17.3. The molecule has 1 aliphatic rings. The Hall–Kier alpha value is -0.320. The SMILES string of the molecule is NC1CN(c2ncc(Br)cc2Cl)C1. The third-order valence-electron chi connectivity index (χ3n) is 2.00. The first-order valence-corrected chi connectivity index (χ1v) is 5.15.